The Bertz CT molecular complexity index is 233. The van der Waals surface area contributed by atoms with E-state index in [1.54, 1.807) is 12.5 Å². The van der Waals surface area contributed by atoms with Crippen molar-refractivity contribution in [2.75, 3.05) is 6.54 Å². The molecule has 0 bridgehead atoms. The Labute approximate surface area is 85.1 Å². The van der Waals surface area contributed by atoms with E-state index in [1.165, 1.54) is 0 Å². The van der Waals surface area contributed by atoms with Crippen molar-refractivity contribution in [1.82, 2.24) is 5.32 Å². The van der Waals surface area contributed by atoms with Crippen LogP contribution in [0.5, 0.6) is 0 Å². The van der Waals surface area contributed by atoms with Crippen molar-refractivity contribution in [2.24, 2.45) is 0 Å². The van der Waals surface area contributed by atoms with Crippen LogP contribution in [-0.4, -0.2) is 17.8 Å². The van der Waals surface area contributed by atoms with E-state index in [-0.39, 0.29) is 12.1 Å². The van der Waals surface area contributed by atoms with Crippen molar-refractivity contribution >= 4 is 0 Å². The van der Waals surface area contributed by atoms with Crippen LogP contribution < -0.4 is 5.32 Å². The Kier molecular flexibility index (Phi) is 4.70. The normalized spacial score (nSPS) is 15.4. The lowest BCUT2D eigenvalue weighted by Gasteiger charge is -2.15. The van der Waals surface area contributed by atoms with E-state index in [9.17, 15) is 5.11 Å². The molecule has 2 unspecified atom stereocenters. The predicted molar refractivity (Wildman–Crippen MR) is 56.0 cm³/mol. The van der Waals surface area contributed by atoms with Crippen LogP contribution in [0.1, 0.15) is 38.3 Å². The van der Waals surface area contributed by atoms with Crippen molar-refractivity contribution in [1.29, 1.82) is 0 Å². The van der Waals surface area contributed by atoms with E-state index in [4.69, 9.17) is 4.42 Å². The van der Waals surface area contributed by atoms with Gasteiger partial charge in [-0.2, -0.15) is 0 Å². The van der Waals surface area contributed by atoms with Crippen LogP contribution in [0.15, 0.2) is 23.0 Å². The van der Waals surface area contributed by atoms with Crippen molar-refractivity contribution in [3.63, 3.8) is 0 Å². The Morgan fingerprint density at radius 2 is 2.36 bits per heavy atom. The van der Waals surface area contributed by atoms with Gasteiger partial charge in [0.15, 0.2) is 0 Å². The van der Waals surface area contributed by atoms with E-state index in [0.717, 1.165) is 18.4 Å². The molecule has 1 aromatic rings. The van der Waals surface area contributed by atoms with Crippen molar-refractivity contribution in [3.05, 3.63) is 24.2 Å². The van der Waals surface area contributed by atoms with Crippen molar-refractivity contribution in [3.8, 4) is 0 Å². The van der Waals surface area contributed by atoms with Gasteiger partial charge in [-0.25, -0.2) is 0 Å². The summed E-state index contributed by atoms with van der Waals surface area (Å²) in [6.07, 6.45) is 5.02. The lowest BCUT2D eigenvalue weighted by Crippen LogP contribution is -2.28. The minimum absolute atomic E-state index is 0.236. The van der Waals surface area contributed by atoms with Crippen LogP contribution >= 0.6 is 0 Å². The van der Waals surface area contributed by atoms with Crippen LogP contribution in [0, 0.1) is 0 Å². The summed E-state index contributed by atoms with van der Waals surface area (Å²) in [5.41, 5.74) is 1.12. The molecule has 2 atom stereocenters. The van der Waals surface area contributed by atoms with E-state index >= 15 is 0 Å². The second-order valence-electron chi connectivity index (χ2n) is 3.63. The maximum absolute atomic E-state index is 9.51. The van der Waals surface area contributed by atoms with Gasteiger partial charge in [-0.1, -0.05) is 13.3 Å². The lowest BCUT2D eigenvalue weighted by atomic mass is 10.1. The molecule has 2 N–H and O–H groups in total. The molecule has 1 heterocycles. The number of aliphatic hydroxyl groups excluding tert-OH is 1. The minimum Gasteiger partial charge on any atom is -0.472 e. The first-order chi connectivity index (χ1) is 6.74. The Hall–Kier alpha value is -0.800. The first kappa shape index (κ1) is 11.3. The molecular formula is C11H19NO2. The topological polar surface area (TPSA) is 45.4 Å². The van der Waals surface area contributed by atoms with E-state index in [0.29, 0.717) is 6.54 Å². The Morgan fingerprint density at radius 1 is 1.57 bits per heavy atom. The van der Waals surface area contributed by atoms with Gasteiger partial charge in [-0.05, 0) is 19.4 Å². The summed E-state index contributed by atoms with van der Waals surface area (Å²) in [5, 5.41) is 12.8. The molecule has 0 radical (unpaired) electrons. The van der Waals surface area contributed by atoms with Gasteiger partial charge in [0, 0.05) is 18.2 Å². The average molecular weight is 197 g/mol. The molecule has 0 aliphatic rings. The number of hydrogen-bond donors (Lipinski definition) is 2. The van der Waals surface area contributed by atoms with Gasteiger partial charge in [-0.15, -0.1) is 0 Å². The van der Waals surface area contributed by atoms with Gasteiger partial charge >= 0.3 is 0 Å². The minimum atomic E-state index is -0.241. The van der Waals surface area contributed by atoms with Crippen molar-refractivity contribution in [2.45, 2.75) is 38.8 Å². The quantitative estimate of drug-likeness (QED) is 0.734. The first-order valence-electron chi connectivity index (χ1n) is 5.17. The van der Waals surface area contributed by atoms with Crippen LogP contribution in [0.4, 0.5) is 0 Å². The van der Waals surface area contributed by atoms with Crippen LogP contribution in [0.2, 0.25) is 0 Å². The fraction of sp³-hybridized carbons (Fsp3) is 0.636. The first-order valence-corrected chi connectivity index (χ1v) is 5.17. The third-order valence-electron chi connectivity index (χ3n) is 2.32. The number of furan rings is 1. The monoisotopic (exact) mass is 197 g/mol. The third kappa shape index (κ3) is 3.52. The zero-order valence-corrected chi connectivity index (χ0v) is 8.86. The summed E-state index contributed by atoms with van der Waals surface area (Å²) in [6.45, 7) is 4.77. The van der Waals surface area contributed by atoms with Gasteiger partial charge in [0.25, 0.3) is 0 Å². The number of rotatable bonds is 6. The van der Waals surface area contributed by atoms with E-state index in [2.05, 4.69) is 19.2 Å². The van der Waals surface area contributed by atoms with Crippen LogP contribution in [0.25, 0.3) is 0 Å². The number of nitrogens with one attached hydrogen (secondary N) is 1. The molecule has 0 fully saturated rings. The van der Waals surface area contributed by atoms with Crippen LogP contribution in [-0.2, 0) is 0 Å². The van der Waals surface area contributed by atoms with Gasteiger partial charge in [0.05, 0.1) is 18.6 Å². The summed E-state index contributed by atoms with van der Waals surface area (Å²) in [6, 6.07) is 2.17. The highest BCUT2D eigenvalue weighted by atomic mass is 16.3. The number of aliphatic hydroxyl groups is 1. The van der Waals surface area contributed by atoms with Crippen molar-refractivity contribution < 1.29 is 9.52 Å². The summed E-state index contributed by atoms with van der Waals surface area (Å²) < 4.78 is 4.99. The second-order valence-corrected chi connectivity index (χ2v) is 3.63. The average Bonchev–Trinajstić information content (AvgIpc) is 2.67. The fourth-order valence-electron chi connectivity index (χ4n) is 1.39. The molecule has 3 heteroatoms. The highest BCUT2D eigenvalue weighted by Crippen LogP contribution is 2.12. The molecule has 0 saturated carbocycles. The van der Waals surface area contributed by atoms with Gasteiger partial charge in [0.1, 0.15) is 0 Å². The Balaban J connectivity index is 2.24. The fourth-order valence-corrected chi connectivity index (χ4v) is 1.39. The summed E-state index contributed by atoms with van der Waals surface area (Å²) in [4.78, 5) is 0. The molecule has 80 valence electrons. The summed E-state index contributed by atoms with van der Waals surface area (Å²) in [5.74, 6) is 0. The molecule has 0 amide bonds. The standard InChI is InChI=1S/C11H19NO2/c1-3-4-11(13)7-12-9(2)10-5-6-14-8-10/h5-6,8-9,11-13H,3-4,7H2,1-2H3. The lowest BCUT2D eigenvalue weighted by molar-refractivity contribution is 0.157. The molecule has 3 nitrogen and oxygen atoms in total. The molecular weight excluding hydrogens is 178 g/mol. The SMILES string of the molecule is CCCC(O)CNC(C)c1ccoc1. The predicted octanol–water partition coefficient (Wildman–Crippen LogP) is 2.09. The molecule has 0 saturated heterocycles. The molecule has 0 aliphatic heterocycles. The zero-order valence-electron chi connectivity index (χ0n) is 8.86. The molecule has 1 rings (SSSR count). The van der Waals surface area contributed by atoms with Gasteiger partial charge < -0.3 is 14.8 Å². The van der Waals surface area contributed by atoms with Crippen LogP contribution in [0.3, 0.4) is 0 Å². The third-order valence-corrected chi connectivity index (χ3v) is 2.32. The van der Waals surface area contributed by atoms with Gasteiger partial charge in [0.2, 0.25) is 0 Å². The van der Waals surface area contributed by atoms with E-state index in [1.807, 2.05) is 6.07 Å². The maximum atomic E-state index is 9.51. The highest BCUT2D eigenvalue weighted by molar-refractivity contribution is 5.10. The second kappa shape index (κ2) is 5.83. The largest absolute Gasteiger partial charge is 0.472 e. The van der Waals surface area contributed by atoms with Gasteiger partial charge in [-0.3, -0.25) is 0 Å². The Morgan fingerprint density at radius 3 is 2.93 bits per heavy atom. The molecule has 14 heavy (non-hydrogen) atoms. The summed E-state index contributed by atoms with van der Waals surface area (Å²) >= 11 is 0. The molecule has 0 aliphatic carbocycles. The number of hydrogen-bond acceptors (Lipinski definition) is 3. The molecule has 1 aromatic heterocycles. The summed E-state index contributed by atoms with van der Waals surface area (Å²) in [7, 11) is 0. The highest BCUT2D eigenvalue weighted by Gasteiger charge is 2.08. The maximum Gasteiger partial charge on any atom is 0.0950 e. The smallest absolute Gasteiger partial charge is 0.0950 e. The zero-order chi connectivity index (χ0) is 10.4. The molecule has 0 spiro atoms. The molecule has 0 aromatic carbocycles. The van der Waals surface area contributed by atoms with E-state index < -0.39 is 0 Å².